The zero-order valence-electron chi connectivity index (χ0n) is 15.1. The molecule has 3 aliphatic carbocycles. The van der Waals surface area contributed by atoms with Gasteiger partial charge < -0.3 is 9.84 Å². The largest absolute Gasteiger partial charge is 0.500 e. The third-order valence-corrected chi connectivity index (χ3v) is 5.63. The molecule has 2 bridgehead atoms. The number of phenolic OH excluding ortho intramolecular Hbond substituents is 1. The molecule has 0 radical (unpaired) electrons. The summed E-state index contributed by atoms with van der Waals surface area (Å²) in [5.41, 5.74) is -0.299. The highest BCUT2D eigenvalue weighted by atomic mass is 16.6. The van der Waals surface area contributed by atoms with Crippen molar-refractivity contribution in [1.29, 1.82) is 0 Å². The molecule has 1 N–H and O–H groups in total. The van der Waals surface area contributed by atoms with Crippen LogP contribution in [0.25, 0.3) is 0 Å². The van der Waals surface area contributed by atoms with Crippen molar-refractivity contribution in [3.8, 4) is 11.5 Å². The van der Waals surface area contributed by atoms with Crippen LogP contribution in [-0.2, 0) is 9.59 Å². The van der Waals surface area contributed by atoms with Gasteiger partial charge in [-0.05, 0) is 37.7 Å². The number of allylic oxidation sites excluding steroid dienone is 2. The summed E-state index contributed by atoms with van der Waals surface area (Å²) in [5, 5.41) is 26.0. The van der Waals surface area contributed by atoms with Crippen molar-refractivity contribution >= 4 is 23.7 Å². The average Bonchev–Trinajstić information content (AvgIpc) is 2.96. The molecule has 1 aromatic rings. The van der Waals surface area contributed by atoms with Crippen LogP contribution in [0.3, 0.4) is 0 Å². The van der Waals surface area contributed by atoms with Gasteiger partial charge in [-0.3, -0.25) is 19.7 Å². The number of ether oxygens (including phenoxy) is 1. The minimum atomic E-state index is -0.737. The number of hydrogen-bond acceptors (Lipinski definition) is 7. The van der Waals surface area contributed by atoms with E-state index in [2.05, 4.69) is 5.10 Å². The molecule has 1 saturated carbocycles. The Hall–Kier alpha value is -3.23. The summed E-state index contributed by atoms with van der Waals surface area (Å²) in [6.45, 7) is 1.88. The van der Waals surface area contributed by atoms with Crippen LogP contribution in [0.1, 0.15) is 25.3 Å². The number of hydrazone groups is 1. The minimum Gasteiger partial charge on any atom is -0.500 e. The van der Waals surface area contributed by atoms with Crippen LogP contribution in [0.4, 0.5) is 5.69 Å². The molecule has 4 aliphatic rings. The molecule has 2 amide bonds. The summed E-state index contributed by atoms with van der Waals surface area (Å²) in [6, 6.07) is 2.49. The van der Waals surface area contributed by atoms with Crippen molar-refractivity contribution in [2.75, 3.05) is 6.61 Å². The van der Waals surface area contributed by atoms with E-state index < -0.39 is 16.4 Å². The minimum absolute atomic E-state index is 0.0611. The monoisotopic (exact) mass is 385 g/mol. The van der Waals surface area contributed by atoms with Gasteiger partial charge in [0.15, 0.2) is 5.75 Å². The van der Waals surface area contributed by atoms with E-state index in [1.807, 2.05) is 12.2 Å². The lowest BCUT2D eigenvalue weighted by atomic mass is 9.63. The van der Waals surface area contributed by atoms with Crippen molar-refractivity contribution < 1.29 is 24.4 Å². The number of phenols is 1. The summed E-state index contributed by atoms with van der Waals surface area (Å²) in [6.07, 6.45) is 7.02. The van der Waals surface area contributed by atoms with Crippen molar-refractivity contribution in [1.82, 2.24) is 5.01 Å². The van der Waals surface area contributed by atoms with Crippen LogP contribution in [-0.4, -0.2) is 39.7 Å². The fraction of sp³-hybridized carbons (Fsp3) is 0.421. The van der Waals surface area contributed by atoms with E-state index in [1.54, 1.807) is 6.92 Å². The number of amides is 2. The van der Waals surface area contributed by atoms with E-state index in [-0.39, 0.29) is 53.4 Å². The van der Waals surface area contributed by atoms with Crippen LogP contribution < -0.4 is 4.74 Å². The fourth-order valence-corrected chi connectivity index (χ4v) is 4.39. The molecule has 28 heavy (non-hydrogen) atoms. The maximum absolute atomic E-state index is 12.7. The third kappa shape index (κ3) is 2.74. The van der Waals surface area contributed by atoms with Gasteiger partial charge >= 0.3 is 5.69 Å². The molecule has 1 heterocycles. The lowest BCUT2D eigenvalue weighted by molar-refractivity contribution is -0.386. The number of aromatic hydroxyl groups is 1. The van der Waals surface area contributed by atoms with Crippen molar-refractivity contribution in [2.24, 2.45) is 28.8 Å². The number of rotatable bonds is 5. The number of imide groups is 1. The van der Waals surface area contributed by atoms with Gasteiger partial charge in [-0.25, -0.2) is 0 Å². The molecule has 0 aromatic heterocycles. The highest BCUT2D eigenvalue weighted by Gasteiger charge is 2.56. The van der Waals surface area contributed by atoms with E-state index in [9.17, 15) is 24.8 Å². The second-order valence-electron chi connectivity index (χ2n) is 7.15. The van der Waals surface area contributed by atoms with Gasteiger partial charge in [0, 0.05) is 11.6 Å². The molecule has 9 heteroatoms. The lowest BCUT2D eigenvalue weighted by Crippen LogP contribution is -2.38. The van der Waals surface area contributed by atoms with Gasteiger partial charge in [0.25, 0.3) is 11.8 Å². The summed E-state index contributed by atoms with van der Waals surface area (Å²) < 4.78 is 5.22. The predicted molar refractivity (Wildman–Crippen MR) is 97.7 cm³/mol. The molecule has 146 valence electrons. The average molecular weight is 385 g/mol. The number of nitro benzene ring substituents is 1. The molecular weight excluding hydrogens is 366 g/mol. The van der Waals surface area contributed by atoms with Gasteiger partial charge in [-0.1, -0.05) is 12.2 Å². The van der Waals surface area contributed by atoms with Gasteiger partial charge in [0.05, 0.1) is 29.6 Å². The van der Waals surface area contributed by atoms with E-state index in [0.29, 0.717) is 0 Å². The third-order valence-electron chi connectivity index (χ3n) is 5.63. The first-order chi connectivity index (χ1) is 13.4. The number of carbonyl (C=O) groups is 2. The van der Waals surface area contributed by atoms with Crippen LogP contribution in [0.15, 0.2) is 29.4 Å². The Morgan fingerprint density at radius 1 is 1.25 bits per heavy atom. The van der Waals surface area contributed by atoms with Crippen molar-refractivity contribution in [3.05, 3.63) is 40.0 Å². The Kier molecular flexibility index (Phi) is 4.37. The highest BCUT2D eigenvalue weighted by Crippen LogP contribution is 2.49. The van der Waals surface area contributed by atoms with Crippen LogP contribution in [0.5, 0.6) is 11.5 Å². The molecule has 4 atom stereocenters. The fourth-order valence-electron chi connectivity index (χ4n) is 4.39. The van der Waals surface area contributed by atoms with E-state index in [1.165, 1.54) is 12.3 Å². The molecule has 5 rings (SSSR count). The van der Waals surface area contributed by atoms with Gasteiger partial charge in [0.2, 0.25) is 5.75 Å². The normalized spacial score (nSPS) is 28.2. The smallest absolute Gasteiger partial charge is 0.315 e. The van der Waals surface area contributed by atoms with Crippen molar-refractivity contribution in [3.63, 3.8) is 0 Å². The number of carbonyl (C=O) groups excluding carboxylic acids is 2. The number of fused-ring (bicyclic) bond motifs is 1. The summed E-state index contributed by atoms with van der Waals surface area (Å²) in [5.74, 6) is -1.92. The first-order valence-corrected chi connectivity index (χ1v) is 9.16. The number of benzene rings is 1. The second-order valence-corrected chi connectivity index (χ2v) is 7.15. The molecular formula is C19H19N3O6. The zero-order chi connectivity index (χ0) is 20.0. The van der Waals surface area contributed by atoms with Gasteiger partial charge in [-0.2, -0.15) is 10.1 Å². The van der Waals surface area contributed by atoms with Gasteiger partial charge in [0.1, 0.15) is 0 Å². The van der Waals surface area contributed by atoms with E-state index in [0.717, 1.165) is 23.9 Å². The molecule has 1 aliphatic heterocycles. The molecule has 9 nitrogen and oxygen atoms in total. The SMILES string of the molecule is CCOc1cc(/C=N\N2C(=O)[C@H]3[C@H](C2=O)[C@H]2C=C[C@H]3CC2)cc([N+](=O)[O-])c1O. The zero-order valence-corrected chi connectivity index (χ0v) is 15.1. The second kappa shape index (κ2) is 6.74. The lowest BCUT2D eigenvalue weighted by Gasteiger charge is -2.37. The number of hydrogen-bond donors (Lipinski definition) is 1. The van der Waals surface area contributed by atoms with E-state index >= 15 is 0 Å². The Morgan fingerprint density at radius 3 is 2.36 bits per heavy atom. The maximum atomic E-state index is 12.7. The van der Waals surface area contributed by atoms with Crippen LogP contribution in [0, 0.1) is 33.8 Å². The highest BCUT2D eigenvalue weighted by molar-refractivity contribution is 6.06. The van der Waals surface area contributed by atoms with Crippen molar-refractivity contribution in [2.45, 2.75) is 19.8 Å². The first-order valence-electron chi connectivity index (χ1n) is 9.16. The van der Waals surface area contributed by atoms with Crippen LogP contribution in [0.2, 0.25) is 0 Å². The van der Waals surface area contributed by atoms with Crippen LogP contribution >= 0.6 is 0 Å². The summed E-state index contributed by atoms with van der Waals surface area (Å²) >= 11 is 0. The molecule has 1 aromatic carbocycles. The maximum Gasteiger partial charge on any atom is 0.315 e. The molecule has 2 fully saturated rings. The Morgan fingerprint density at radius 2 is 1.86 bits per heavy atom. The standard InChI is InChI=1S/C19H19N3O6/c1-2-28-14-8-10(7-13(17(14)23)22(26)27)9-20-21-18(24)15-11-3-4-12(6-5-11)16(15)19(21)25/h3-4,7-9,11-12,15-16,23H,2,5-6H2,1H3/b20-9-/t11-,12-,15+,16+/m0/s1. The molecule has 0 spiro atoms. The Balaban J connectivity index is 1.64. The van der Waals surface area contributed by atoms with Gasteiger partial charge in [-0.15, -0.1) is 0 Å². The number of nitro groups is 1. The Bertz CT molecular complexity index is 892. The molecule has 1 saturated heterocycles. The summed E-state index contributed by atoms with van der Waals surface area (Å²) in [4.78, 5) is 35.9. The predicted octanol–water partition coefficient (Wildman–Crippen LogP) is 2.23. The molecule has 0 unspecified atom stereocenters. The first kappa shape index (κ1) is 18.1. The number of nitrogens with zero attached hydrogens (tertiary/aromatic N) is 3. The Labute approximate surface area is 160 Å². The van der Waals surface area contributed by atoms with E-state index in [4.69, 9.17) is 4.74 Å². The topological polar surface area (TPSA) is 122 Å². The summed E-state index contributed by atoms with van der Waals surface area (Å²) in [7, 11) is 0. The quantitative estimate of drug-likeness (QED) is 0.273.